The maximum Gasteiger partial charge on any atom is 0.143 e. The Kier molecular flexibility index (Phi) is 3.37. The predicted molar refractivity (Wildman–Crippen MR) is 85.0 cm³/mol. The van der Waals surface area contributed by atoms with Gasteiger partial charge in [0, 0.05) is 10.6 Å². The predicted octanol–water partition coefficient (Wildman–Crippen LogP) is 5.22. The Bertz CT molecular complexity index is 673. The van der Waals surface area contributed by atoms with Crippen molar-refractivity contribution in [3.05, 3.63) is 76.8 Å². The van der Waals surface area contributed by atoms with Gasteiger partial charge < -0.3 is 4.74 Å². The number of halogens is 1. The fourth-order valence-corrected chi connectivity index (χ4v) is 2.36. The van der Waals surface area contributed by atoms with Crippen LogP contribution in [-0.2, 0) is 0 Å². The molecule has 0 fully saturated rings. The summed E-state index contributed by atoms with van der Waals surface area (Å²) in [5.41, 5.74) is 1.74. The van der Waals surface area contributed by atoms with Crippen LogP contribution in [-0.4, -0.2) is 5.60 Å². The van der Waals surface area contributed by atoms with Crippen LogP contribution in [0.4, 0.5) is 0 Å². The number of fused-ring (bicyclic) bond motifs is 1. The first-order chi connectivity index (χ1) is 9.65. The van der Waals surface area contributed by atoms with Crippen LogP contribution in [0.2, 0.25) is 5.02 Å². The Hall–Kier alpha value is -1.99. The fraction of sp³-hybridized carbons (Fsp3) is 0.111. The summed E-state index contributed by atoms with van der Waals surface area (Å²) in [6.07, 6.45) is 8.24. The molecule has 1 aliphatic rings. The average Bonchev–Trinajstić information content (AvgIpc) is 2.47. The highest BCUT2D eigenvalue weighted by atomic mass is 35.5. The molecule has 0 saturated carbocycles. The molecule has 1 nitrogen and oxygen atoms in total. The molecule has 2 aromatic rings. The SMILES string of the molecule is CC1(/C=C/c2ccccc2)C=Cc2cc(Cl)ccc2O1. The van der Waals surface area contributed by atoms with Crippen molar-refractivity contribution in [1.82, 2.24) is 0 Å². The van der Waals surface area contributed by atoms with Gasteiger partial charge in [-0.15, -0.1) is 0 Å². The molecule has 1 heterocycles. The van der Waals surface area contributed by atoms with Gasteiger partial charge in [-0.2, -0.15) is 0 Å². The van der Waals surface area contributed by atoms with Crippen LogP contribution >= 0.6 is 11.6 Å². The van der Waals surface area contributed by atoms with Crippen LogP contribution in [0.1, 0.15) is 18.1 Å². The zero-order chi connectivity index (χ0) is 14.0. The second-order valence-corrected chi connectivity index (χ2v) is 5.48. The molecule has 0 aliphatic carbocycles. The minimum absolute atomic E-state index is 0.434. The van der Waals surface area contributed by atoms with Crippen LogP contribution in [0.3, 0.4) is 0 Å². The maximum absolute atomic E-state index is 6.06. The molecule has 0 radical (unpaired) electrons. The van der Waals surface area contributed by atoms with Crippen molar-refractivity contribution in [2.45, 2.75) is 12.5 Å². The lowest BCUT2D eigenvalue weighted by atomic mass is 9.99. The van der Waals surface area contributed by atoms with E-state index in [1.807, 2.05) is 49.4 Å². The van der Waals surface area contributed by atoms with E-state index in [1.54, 1.807) is 0 Å². The first kappa shape index (κ1) is 13.0. The minimum Gasteiger partial charge on any atom is -0.479 e. The third kappa shape index (κ3) is 2.78. The number of benzene rings is 2. The number of ether oxygens (including phenoxy) is 1. The quantitative estimate of drug-likeness (QED) is 0.734. The zero-order valence-corrected chi connectivity index (χ0v) is 12.0. The van der Waals surface area contributed by atoms with Crippen LogP contribution in [0.25, 0.3) is 12.2 Å². The standard InChI is InChI=1S/C18H15ClO/c1-18(11-9-14-5-3-2-4-6-14)12-10-15-13-16(19)7-8-17(15)20-18/h2-13H,1H3/b11-9+. The van der Waals surface area contributed by atoms with E-state index < -0.39 is 5.60 Å². The molecule has 1 atom stereocenters. The Morgan fingerprint density at radius 3 is 2.70 bits per heavy atom. The van der Waals surface area contributed by atoms with Gasteiger partial charge in [0.15, 0.2) is 0 Å². The van der Waals surface area contributed by atoms with Crippen molar-refractivity contribution < 1.29 is 4.74 Å². The molecule has 0 amide bonds. The molecule has 2 aromatic carbocycles. The van der Waals surface area contributed by atoms with Crippen LogP contribution < -0.4 is 4.74 Å². The third-order valence-electron chi connectivity index (χ3n) is 3.30. The maximum atomic E-state index is 6.06. The number of rotatable bonds is 2. The van der Waals surface area contributed by atoms with Gasteiger partial charge in [-0.05, 0) is 42.8 Å². The van der Waals surface area contributed by atoms with E-state index in [1.165, 1.54) is 0 Å². The lowest BCUT2D eigenvalue weighted by Crippen LogP contribution is -2.29. The molecule has 0 aromatic heterocycles. The number of hydrogen-bond donors (Lipinski definition) is 0. The second kappa shape index (κ2) is 5.18. The smallest absolute Gasteiger partial charge is 0.143 e. The van der Waals surface area contributed by atoms with Crippen LogP contribution in [0, 0.1) is 0 Å². The second-order valence-electron chi connectivity index (χ2n) is 5.05. The Balaban J connectivity index is 1.85. The lowest BCUT2D eigenvalue weighted by molar-refractivity contribution is 0.190. The average molecular weight is 283 g/mol. The molecular weight excluding hydrogens is 268 g/mol. The van der Waals surface area contributed by atoms with Gasteiger partial charge in [-0.1, -0.05) is 54.1 Å². The van der Waals surface area contributed by atoms with E-state index in [0.717, 1.165) is 21.9 Å². The summed E-state index contributed by atoms with van der Waals surface area (Å²) in [4.78, 5) is 0. The Labute approximate surface area is 124 Å². The molecular formula is C18H15ClO. The van der Waals surface area contributed by atoms with Gasteiger partial charge in [-0.25, -0.2) is 0 Å². The van der Waals surface area contributed by atoms with E-state index in [9.17, 15) is 0 Å². The van der Waals surface area contributed by atoms with Gasteiger partial charge in [-0.3, -0.25) is 0 Å². The zero-order valence-electron chi connectivity index (χ0n) is 11.2. The molecule has 1 aliphatic heterocycles. The molecule has 0 saturated heterocycles. The summed E-state index contributed by atoms with van der Waals surface area (Å²) in [5, 5.41) is 0.723. The minimum atomic E-state index is -0.434. The van der Waals surface area contributed by atoms with E-state index >= 15 is 0 Å². The highest BCUT2D eigenvalue weighted by Gasteiger charge is 2.24. The van der Waals surface area contributed by atoms with E-state index in [4.69, 9.17) is 16.3 Å². The van der Waals surface area contributed by atoms with Gasteiger partial charge in [0.1, 0.15) is 11.4 Å². The van der Waals surface area contributed by atoms with E-state index in [-0.39, 0.29) is 0 Å². The summed E-state index contributed by atoms with van der Waals surface area (Å²) in [6.45, 7) is 2.04. The van der Waals surface area contributed by atoms with Gasteiger partial charge in [0.05, 0.1) is 0 Å². The summed E-state index contributed by atoms with van der Waals surface area (Å²) in [6, 6.07) is 15.9. The molecule has 0 spiro atoms. The molecule has 100 valence electrons. The summed E-state index contributed by atoms with van der Waals surface area (Å²) >= 11 is 5.99. The van der Waals surface area contributed by atoms with Crippen molar-refractivity contribution in [3.63, 3.8) is 0 Å². The van der Waals surface area contributed by atoms with Crippen molar-refractivity contribution in [2.75, 3.05) is 0 Å². The van der Waals surface area contributed by atoms with Crippen molar-refractivity contribution >= 4 is 23.8 Å². The summed E-state index contributed by atoms with van der Waals surface area (Å²) in [7, 11) is 0. The Morgan fingerprint density at radius 2 is 1.90 bits per heavy atom. The molecule has 1 unspecified atom stereocenters. The highest BCUT2D eigenvalue weighted by molar-refractivity contribution is 6.30. The lowest BCUT2D eigenvalue weighted by Gasteiger charge is -2.29. The first-order valence-electron chi connectivity index (χ1n) is 6.57. The first-order valence-corrected chi connectivity index (χ1v) is 6.95. The van der Waals surface area contributed by atoms with Crippen LogP contribution in [0.15, 0.2) is 60.7 Å². The highest BCUT2D eigenvalue weighted by Crippen LogP contribution is 2.33. The van der Waals surface area contributed by atoms with Crippen LogP contribution in [0.5, 0.6) is 5.75 Å². The monoisotopic (exact) mass is 282 g/mol. The largest absolute Gasteiger partial charge is 0.479 e. The Morgan fingerprint density at radius 1 is 1.10 bits per heavy atom. The van der Waals surface area contributed by atoms with Gasteiger partial charge >= 0.3 is 0 Å². The van der Waals surface area contributed by atoms with Crippen molar-refractivity contribution in [1.29, 1.82) is 0 Å². The van der Waals surface area contributed by atoms with Gasteiger partial charge in [0.2, 0.25) is 0 Å². The molecule has 0 bridgehead atoms. The molecule has 0 N–H and O–H groups in total. The van der Waals surface area contributed by atoms with E-state index in [2.05, 4.69) is 30.4 Å². The molecule has 2 heteroatoms. The molecule has 20 heavy (non-hydrogen) atoms. The van der Waals surface area contributed by atoms with Crippen molar-refractivity contribution in [2.24, 2.45) is 0 Å². The summed E-state index contributed by atoms with van der Waals surface area (Å²) < 4.78 is 6.06. The fourth-order valence-electron chi connectivity index (χ4n) is 2.18. The third-order valence-corrected chi connectivity index (χ3v) is 3.54. The van der Waals surface area contributed by atoms with E-state index in [0.29, 0.717) is 0 Å². The number of hydrogen-bond acceptors (Lipinski definition) is 1. The topological polar surface area (TPSA) is 9.23 Å². The van der Waals surface area contributed by atoms with Gasteiger partial charge in [0.25, 0.3) is 0 Å². The normalized spacial score (nSPS) is 20.7. The van der Waals surface area contributed by atoms with Crippen molar-refractivity contribution in [3.8, 4) is 5.75 Å². The molecule has 3 rings (SSSR count). The summed E-state index contributed by atoms with van der Waals surface area (Å²) in [5.74, 6) is 0.858.